The van der Waals surface area contributed by atoms with Gasteiger partial charge in [-0.3, -0.25) is 0 Å². The van der Waals surface area contributed by atoms with Crippen molar-refractivity contribution in [2.45, 2.75) is 12.5 Å². The number of hydrogen-bond acceptors (Lipinski definition) is 4. The van der Waals surface area contributed by atoms with Gasteiger partial charge in [-0.15, -0.1) is 11.6 Å². The van der Waals surface area contributed by atoms with Crippen LogP contribution in [-0.4, -0.2) is 12.1 Å². The fourth-order valence-corrected chi connectivity index (χ4v) is 2.53. The van der Waals surface area contributed by atoms with Gasteiger partial charge in [0.15, 0.2) is 11.5 Å². The van der Waals surface area contributed by atoms with Gasteiger partial charge in [-0.25, -0.2) is 4.98 Å². The summed E-state index contributed by atoms with van der Waals surface area (Å²) in [5.74, 6) is 1.60. The lowest BCUT2D eigenvalue weighted by Crippen LogP contribution is -2.00. The SMILES string of the molecule is COc1cc(CCl)cc(Br)c1OCc1ccnc(C#N)c1. The molecule has 0 amide bonds. The zero-order valence-electron chi connectivity index (χ0n) is 11.3. The van der Waals surface area contributed by atoms with Gasteiger partial charge in [0.25, 0.3) is 0 Å². The Morgan fingerprint density at radius 2 is 2.14 bits per heavy atom. The van der Waals surface area contributed by atoms with E-state index in [1.165, 1.54) is 0 Å². The second kappa shape index (κ2) is 7.30. The van der Waals surface area contributed by atoms with E-state index < -0.39 is 0 Å². The quantitative estimate of drug-likeness (QED) is 0.748. The second-order valence-corrected chi connectivity index (χ2v) is 5.31. The van der Waals surface area contributed by atoms with Gasteiger partial charge in [0.05, 0.1) is 11.6 Å². The van der Waals surface area contributed by atoms with Crippen molar-refractivity contribution in [1.29, 1.82) is 5.26 Å². The highest BCUT2D eigenvalue weighted by Crippen LogP contribution is 2.37. The van der Waals surface area contributed by atoms with Gasteiger partial charge in [0, 0.05) is 12.1 Å². The molecule has 0 aliphatic heterocycles. The van der Waals surface area contributed by atoms with Crippen LogP contribution in [0, 0.1) is 11.3 Å². The van der Waals surface area contributed by atoms with Crippen LogP contribution >= 0.6 is 27.5 Å². The van der Waals surface area contributed by atoms with Gasteiger partial charge in [-0.2, -0.15) is 5.26 Å². The highest BCUT2D eigenvalue weighted by molar-refractivity contribution is 9.10. The number of methoxy groups -OCH3 is 1. The molecule has 0 radical (unpaired) electrons. The van der Waals surface area contributed by atoms with E-state index in [0.29, 0.717) is 29.7 Å². The van der Waals surface area contributed by atoms with Crippen LogP contribution in [0.2, 0.25) is 0 Å². The smallest absolute Gasteiger partial charge is 0.175 e. The molecule has 1 aromatic carbocycles. The molecule has 0 saturated heterocycles. The number of aromatic nitrogens is 1. The lowest BCUT2D eigenvalue weighted by atomic mass is 10.2. The Balaban J connectivity index is 2.21. The van der Waals surface area contributed by atoms with E-state index in [0.717, 1.165) is 15.6 Å². The Morgan fingerprint density at radius 1 is 1.33 bits per heavy atom. The maximum Gasteiger partial charge on any atom is 0.175 e. The van der Waals surface area contributed by atoms with E-state index in [-0.39, 0.29) is 0 Å². The van der Waals surface area contributed by atoms with Crippen molar-refractivity contribution >= 4 is 27.5 Å². The molecule has 108 valence electrons. The Kier molecular flexibility index (Phi) is 5.43. The minimum Gasteiger partial charge on any atom is -0.493 e. The first-order valence-corrected chi connectivity index (χ1v) is 7.41. The van der Waals surface area contributed by atoms with Crippen molar-refractivity contribution in [3.05, 3.63) is 51.8 Å². The van der Waals surface area contributed by atoms with Crippen LogP contribution in [0.1, 0.15) is 16.8 Å². The van der Waals surface area contributed by atoms with Crippen LogP contribution in [0.15, 0.2) is 34.9 Å². The molecule has 0 aliphatic carbocycles. The lowest BCUT2D eigenvalue weighted by molar-refractivity contribution is 0.282. The molecular formula is C15H12BrClN2O2. The molecule has 0 unspecified atom stereocenters. The third-order valence-corrected chi connectivity index (χ3v) is 3.66. The van der Waals surface area contributed by atoms with E-state index in [9.17, 15) is 0 Å². The lowest BCUT2D eigenvalue weighted by Gasteiger charge is -2.14. The van der Waals surface area contributed by atoms with E-state index in [1.807, 2.05) is 18.2 Å². The predicted octanol–water partition coefficient (Wildman–Crippen LogP) is 4.04. The van der Waals surface area contributed by atoms with E-state index >= 15 is 0 Å². The topological polar surface area (TPSA) is 55.1 Å². The molecule has 1 aromatic heterocycles. The average molecular weight is 368 g/mol. The van der Waals surface area contributed by atoms with Crippen LogP contribution in [0.4, 0.5) is 0 Å². The van der Waals surface area contributed by atoms with E-state index in [2.05, 4.69) is 20.9 Å². The number of pyridine rings is 1. The summed E-state index contributed by atoms with van der Waals surface area (Å²) in [7, 11) is 1.58. The minimum absolute atomic E-state index is 0.312. The Morgan fingerprint density at radius 3 is 2.81 bits per heavy atom. The Hall–Kier alpha value is -1.77. The summed E-state index contributed by atoms with van der Waals surface area (Å²) >= 11 is 9.28. The van der Waals surface area contributed by atoms with Crippen molar-refractivity contribution in [3.63, 3.8) is 0 Å². The molecule has 4 nitrogen and oxygen atoms in total. The molecule has 2 aromatic rings. The fourth-order valence-electron chi connectivity index (χ4n) is 1.77. The van der Waals surface area contributed by atoms with Crippen LogP contribution < -0.4 is 9.47 Å². The molecule has 21 heavy (non-hydrogen) atoms. The predicted molar refractivity (Wildman–Crippen MR) is 83.5 cm³/mol. The third kappa shape index (κ3) is 3.87. The number of alkyl halides is 1. The summed E-state index contributed by atoms with van der Waals surface area (Å²) in [6, 6.07) is 9.21. The van der Waals surface area contributed by atoms with Gasteiger partial charge in [0.1, 0.15) is 18.4 Å². The normalized spacial score (nSPS) is 10.0. The maximum atomic E-state index is 8.84. The zero-order chi connectivity index (χ0) is 15.2. The summed E-state index contributed by atoms with van der Waals surface area (Å²) < 4.78 is 11.9. The summed E-state index contributed by atoms with van der Waals surface area (Å²) in [5.41, 5.74) is 2.15. The van der Waals surface area contributed by atoms with Crippen molar-refractivity contribution in [2.24, 2.45) is 0 Å². The summed E-state index contributed by atoms with van der Waals surface area (Å²) in [6.45, 7) is 0.312. The number of hydrogen-bond donors (Lipinski definition) is 0. The molecule has 1 heterocycles. The van der Waals surface area contributed by atoms with Gasteiger partial charge in [-0.1, -0.05) is 0 Å². The molecule has 0 aliphatic rings. The van der Waals surface area contributed by atoms with Gasteiger partial charge in [0.2, 0.25) is 0 Å². The molecular weight excluding hydrogens is 356 g/mol. The van der Waals surface area contributed by atoms with Crippen LogP contribution in [0.5, 0.6) is 11.5 Å². The molecule has 0 spiro atoms. The van der Waals surface area contributed by atoms with Crippen LogP contribution in [0.3, 0.4) is 0 Å². The molecule has 2 rings (SSSR count). The molecule has 0 N–H and O–H groups in total. The van der Waals surface area contributed by atoms with Crippen molar-refractivity contribution < 1.29 is 9.47 Å². The van der Waals surface area contributed by atoms with Gasteiger partial charge >= 0.3 is 0 Å². The zero-order valence-corrected chi connectivity index (χ0v) is 13.6. The second-order valence-electron chi connectivity index (χ2n) is 4.19. The Labute approximate surface area is 136 Å². The van der Waals surface area contributed by atoms with Gasteiger partial charge in [-0.05, 0) is 51.3 Å². The maximum absolute atomic E-state index is 8.84. The van der Waals surface area contributed by atoms with E-state index in [4.69, 9.17) is 26.3 Å². The number of nitriles is 1. The van der Waals surface area contributed by atoms with E-state index in [1.54, 1.807) is 25.4 Å². The standard InChI is InChI=1S/C15H12BrClN2O2/c1-20-14-6-11(7-17)5-13(16)15(14)21-9-10-2-3-19-12(4-10)8-18/h2-6H,7,9H2,1H3. The number of ether oxygens (including phenoxy) is 2. The largest absolute Gasteiger partial charge is 0.493 e. The first-order valence-electron chi connectivity index (χ1n) is 6.08. The van der Waals surface area contributed by atoms with Crippen molar-refractivity contribution in [2.75, 3.05) is 7.11 Å². The molecule has 6 heteroatoms. The first kappa shape index (κ1) is 15.6. The highest BCUT2D eigenvalue weighted by Gasteiger charge is 2.12. The molecule has 0 atom stereocenters. The van der Waals surface area contributed by atoms with Crippen LogP contribution in [-0.2, 0) is 12.5 Å². The highest BCUT2D eigenvalue weighted by atomic mass is 79.9. The summed E-state index contributed by atoms with van der Waals surface area (Å²) in [6.07, 6.45) is 1.58. The number of halogens is 2. The summed E-state index contributed by atoms with van der Waals surface area (Å²) in [5, 5.41) is 8.84. The monoisotopic (exact) mass is 366 g/mol. The fraction of sp³-hybridized carbons (Fsp3) is 0.200. The van der Waals surface area contributed by atoms with Crippen molar-refractivity contribution in [3.8, 4) is 17.6 Å². The van der Waals surface area contributed by atoms with Crippen LogP contribution in [0.25, 0.3) is 0 Å². The van der Waals surface area contributed by atoms with Gasteiger partial charge < -0.3 is 9.47 Å². The third-order valence-electron chi connectivity index (χ3n) is 2.77. The molecule has 0 bridgehead atoms. The number of nitrogens with zero attached hydrogens (tertiary/aromatic N) is 2. The first-order chi connectivity index (χ1) is 10.2. The minimum atomic E-state index is 0.312. The molecule has 0 saturated carbocycles. The van der Waals surface area contributed by atoms with Crippen molar-refractivity contribution in [1.82, 2.24) is 4.98 Å². The number of rotatable bonds is 5. The summed E-state index contributed by atoms with van der Waals surface area (Å²) in [4.78, 5) is 3.92. The molecule has 0 fully saturated rings. The number of benzene rings is 1. The Bertz CT molecular complexity index is 686. The average Bonchev–Trinajstić information content (AvgIpc) is 2.53.